The highest BCUT2D eigenvalue weighted by Gasteiger charge is 2.09. The molecule has 2 aromatic carbocycles. The molecule has 0 aliphatic carbocycles. The molecule has 0 amide bonds. The average Bonchev–Trinajstić information content (AvgIpc) is 2.31. The van der Waals surface area contributed by atoms with Crippen molar-refractivity contribution in [3.8, 4) is 16.9 Å². The maximum Gasteiger partial charge on any atom is 0.131 e. The molecule has 0 aliphatic heterocycles. The fraction of sp³-hybridized carbons (Fsp3) is 0.0769. The van der Waals surface area contributed by atoms with Crippen molar-refractivity contribution >= 4 is 0 Å². The summed E-state index contributed by atoms with van der Waals surface area (Å²) in [5.41, 5.74) is 7.19. The van der Waals surface area contributed by atoms with E-state index >= 15 is 0 Å². The molecule has 0 unspecified atom stereocenters. The van der Waals surface area contributed by atoms with Crippen molar-refractivity contribution in [2.24, 2.45) is 5.73 Å². The Hall–Kier alpha value is -1.87. The van der Waals surface area contributed by atoms with E-state index in [2.05, 4.69) is 0 Å². The summed E-state index contributed by atoms with van der Waals surface area (Å²) in [6.07, 6.45) is 0. The van der Waals surface area contributed by atoms with Gasteiger partial charge in [-0.1, -0.05) is 24.3 Å². The van der Waals surface area contributed by atoms with Crippen LogP contribution in [0.4, 0.5) is 4.39 Å². The highest BCUT2D eigenvalue weighted by molar-refractivity contribution is 5.71. The number of phenolic OH excluding ortho intramolecular Hbond substituents is 1. The second-order valence-electron chi connectivity index (χ2n) is 3.54. The predicted molar refractivity (Wildman–Crippen MR) is 61.4 cm³/mol. The molecule has 0 aromatic heterocycles. The molecule has 82 valence electrons. The van der Waals surface area contributed by atoms with E-state index in [1.165, 1.54) is 12.1 Å². The van der Waals surface area contributed by atoms with E-state index in [1.807, 2.05) is 0 Å². The maximum absolute atomic E-state index is 13.6. The number of hydrogen-bond acceptors (Lipinski definition) is 2. The number of halogens is 1. The number of para-hydroxylation sites is 1. The van der Waals surface area contributed by atoms with Gasteiger partial charge in [0, 0.05) is 17.7 Å². The summed E-state index contributed by atoms with van der Waals surface area (Å²) in [4.78, 5) is 0. The quantitative estimate of drug-likeness (QED) is 0.812. The van der Waals surface area contributed by atoms with Crippen LogP contribution in [0.15, 0.2) is 42.5 Å². The summed E-state index contributed by atoms with van der Waals surface area (Å²) in [6, 6.07) is 11.3. The fourth-order valence-electron chi connectivity index (χ4n) is 1.61. The highest BCUT2D eigenvalue weighted by Crippen LogP contribution is 2.31. The van der Waals surface area contributed by atoms with Crippen LogP contribution >= 0.6 is 0 Å². The molecule has 0 bridgehead atoms. The molecule has 0 saturated heterocycles. The number of aromatic hydroxyl groups is 1. The average molecular weight is 217 g/mol. The number of nitrogens with two attached hydrogens (primary N) is 1. The van der Waals surface area contributed by atoms with Crippen LogP contribution in [0.2, 0.25) is 0 Å². The number of hydrogen-bond donors (Lipinski definition) is 2. The maximum atomic E-state index is 13.6. The molecule has 0 aliphatic rings. The first-order valence-corrected chi connectivity index (χ1v) is 4.99. The van der Waals surface area contributed by atoms with Crippen molar-refractivity contribution in [2.75, 3.05) is 0 Å². The van der Waals surface area contributed by atoms with E-state index in [-0.39, 0.29) is 11.6 Å². The number of rotatable bonds is 2. The molecule has 3 N–H and O–H groups in total. The van der Waals surface area contributed by atoms with Gasteiger partial charge in [-0.05, 0) is 23.8 Å². The Morgan fingerprint density at radius 2 is 1.81 bits per heavy atom. The summed E-state index contributed by atoms with van der Waals surface area (Å²) in [7, 11) is 0. The molecule has 0 spiro atoms. The van der Waals surface area contributed by atoms with Crippen LogP contribution in [0.3, 0.4) is 0 Å². The van der Waals surface area contributed by atoms with Crippen molar-refractivity contribution in [1.82, 2.24) is 0 Å². The number of phenols is 1. The predicted octanol–water partition coefficient (Wildman–Crippen LogP) is 2.66. The van der Waals surface area contributed by atoms with Crippen LogP contribution in [0, 0.1) is 5.82 Å². The van der Waals surface area contributed by atoms with Crippen molar-refractivity contribution in [3.63, 3.8) is 0 Å². The Morgan fingerprint density at radius 1 is 1.06 bits per heavy atom. The molecule has 2 rings (SSSR count). The molecule has 0 heterocycles. The minimum absolute atomic E-state index is 0.0653. The zero-order chi connectivity index (χ0) is 11.5. The molecule has 2 nitrogen and oxygen atoms in total. The normalized spacial score (nSPS) is 10.4. The van der Waals surface area contributed by atoms with Crippen LogP contribution < -0.4 is 5.73 Å². The van der Waals surface area contributed by atoms with Gasteiger partial charge in [0.1, 0.15) is 11.6 Å². The first kappa shape index (κ1) is 10.6. The van der Waals surface area contributed by atoms with Crippen LogP contribution in [0.5, 0.6) is 5.75 Å². The molecule has 0 atom stereocenters. The van der Waals surface area contributed by atoms with Gasteiger partial charge in [0.2, 0.25) is 0 Å². The van der Waals surface area contributed by atoms with Crippen LogP contribution in [0.25, 0.3) is 11.1 Å². The Morgan fingerprint density at radius 3 is 2.50 bits per heavy atom. The topological polar surface area (TPSA) is 46.2 Å². The van der Waals surface area contributed by atoms with Crippen molar-refractivity contribution in [2.45, 2.75) is 6.54 Å². The van der Waals surface area contributed by atoms with Crippen molar-refractivity contribution in [3.05, 3.63) is 53.8 Å². The molecule has 16 heavy (non-hydrogen) atoms. The van der Waals surface area contributed by atoms with Gasteiger partial charge >= 0.3 is 0 Å². The second kappa shape index (κ2) is 4.33. The van der Waals surface area contributed by atoms with Gasteiger partial charge in [-0.3, -0.25) is 0 Å². The zero-order valence-electron chi connectivity index (χ0n) is 8.65. The monoisotopic (exact) mass is 217 g/mol. The van der Waals surface area contributed by atoms with E-state index in [1.54, 1.807) is 30.3 Å². The summed E-state index contributed by atoms with van der Waals surface area (Å²) in [5.74, 6) is -0.297. The molecule has 0 saturated carbocycles. The van der Waals surface area contributed by atoms with Gasteiger partial charge in [-0.2, -0.15) is 0 Å². The van der Waals surface area contributed by atoms with Gasteiger partial charge in [0.25, 0.3) is 0 Å². The molecule has 0 fully saturated rings. The summed E-state index contributed by atoms with van der Waals surface area (Å²) in [6.45, 7) is 0.348. The van der Waals surface area contributed by atoms with Crippen LogP contribution in [-0.2, 0) is 6.54 Å². The standard InChI is InChI=1S/C13H12FNO/c14-12-6-5-9(8-15)7-11(12)10-3-1-2-4-13(10)16/h1-7,16H,8,15H2. The third kappa shape index (κ3) is 1.90. The van der Waals surface area contributed by atoms with E-state index < -0.39 is 0 Å². The minimum Gasteiger partial charge on any atom is -0.507 e. The lowest BCUT2D eigenvalue weighted by Gasteiger charge is -2.07. The largest absolute Gasteiger partial charge is 0.507 e. The van der Waals surface area contributed by atoms with E-state index in [0.717, 1.165) is 5.56 Å². The molecular weight excluding hydrogens is 205 g/mol. The van der Waals surface area contributed by atoms with Gasteiger partial charge in [0.15, 0.2) is 0 Å². The lowest BCUT2D eigenvalue weighted by molar-refractivity contribution is 0.476. The second-order valence-corrected chi connectivity index (χ2v) is 3.54. The lowest BCUT2D eigenvalue weighted by atomic mass is 10.0. The van der Waals surface area contributed by atoms with Crippen LogP contribution in [-0.4, -0.2) is 5.11 Å². The third-order valence-electron chi connectivity index (χ3n) is 2.46. The van der Waals surface area contributed by atoms with Gasteiger partial charge < -0.3 is 10.8 Å². The van der Waals surface area contributed by atoms with E-state index in [9.17, 15) is 9.50 Å². The lowest BCUT2D eigenvalue weighted by Crippen LogP contribution is -1.97. The minimum atomic E-state index is -0.362. The van der Waals surface area contributed by atoms with E-state index in [0.29, 0.717) is 17.7 Å². The molecule has 0 radical (unpaired) electrons. The Bertz CT molecular complexity index is 511. The fourth-order valence-corrected chi connectivity index (χ4v) is 1.61. The molecular formula is C13H12FNO. The first-order chi connectivity index (χ1) is 7.72. The van der Waals surface area contributed by atoms with Gasteiger partial charge in [-0.15, -0.1) is 0 Å². The van der Waals surface area contributed by atoms with Crippen molar-refractivity contribution in [1.29, 1.82) is 0 Å². The summed E-state index contributed by atoms with van der Waals surface area (Å²) >= 11 is 0. The zero-order valence-corrected chi connectivity index (χ0v) is 8.65. The summed E-state index contributed by atoms with van der Waals surface area (Å²) in [5, 5.41) is 9.65. The van der Waals surface area contributed by atoms with Crippen LogP contribution in [0.1, 0.15) is 5.56 Å². The first-order valence-electron chi connectivity index (χ1n) is 4.99. The smallest absolute Gasteiger partial charge is 0.131 e. The van der Waals surface area contributed by atoms with Gasteiger partial charge in [0.05, 0.1) is 0 Å². The van der Waals surface area contributed by atoms with E-state index in [4.69, 9.17) is 5.73 Å². The molecule has 2 aromatic rings. The Labute approximate surface area is 93.2 Å². The SMILES string of the molecule is NCc1ccc(F)c(-c2ccccc2O)c1. The van der Waals surface area contributed by atoms with Crippen molar-refractivity contribution < 1.29 is 9.50 Å². The number of benzene rings is 2. The molecule has 3 heteroatoms. The Kier molecular flexibility index (Phi) is 2.88. The highest BCUT2D eigenvalue weighted by atomic mass is 19.1. The summed E-state index contributed by atoms with van der Waals surface area (Å²) < 4.78 is 13.6. The third-order valence-corrected chi connectivity index (χ3v) is 2.46. The Balaban J connectivity index is 2.59. The van der Waals surface area contributed by atoms with Gasteiger partial charge in [-0.25, -0.2) is 4.39 Å².